The second kappa shape index (κ2) is 4.36. The van der Waals surface area contributed by atoms with Gasteiger partial charge in [-0.2, -0.15) is 0 Å². The van der Waals surface area contributed by atoms with Crippen molar-refractivity contribution >= 4 is 68.1 Å². The first-order valence-corrected chi connectivity index (χ1v) is 13.1. The third-order valence-electron chi connectivity index (χ3n) is 1.87. The molecule has 1 aromatic carbocycles. The third-order valence-corrected chi connectivity index (χ3v) is 7.33. The molecule has 0 aliphatic rings. The lowest BCUT2D eigenvalue weighted by Crippen LogP contribution is -2.52. The second-order valence-electron chi connectivity index (χ2n) is 3.32. The van der Waals surface area contributed by atoms with Crippen molar-refractivity contribution in [3.05, 3.63) is 24.3 Å². The van der Waals surface area contributed by atoms with E-state index in [0.717, 1.165) is 10.4 Å². The first kappa shape index (κ1) is 12.9. The van der Waals surface area contributed by atoms with Crippen LogP contribution in [0.2, 0.25) is 13.1 Å². The molecule has 0 fully saturated rings. The van der Waals surface area contributed by atoms with Gasteiger partial charge in [-0.05, 0) is 23.5 Å². The van der Waals surface area contributed by atoms with Crippen LogP contribution in [-0.2, 0) is 0 Å². The highest BCUT2D eigenvalue weighted by Gasteiger charge is 2.34. The molecule has 0 aromatic heterocycles. The van der Waals surface area contributed by atoms with Crippen molar-refractivity contribution in [3.63, 3.8) is 0 Å². The summed E-state index contributed by atoms with van der Waals surface area (Å²) in [5, 5.41) is 1.87. The van der Waals surface area contributed by atoms with E-state index < -0.39 is 13.4 Å². The van der Waals surface area contributed by atoms with E-state index >= 15 is 0 Å². The van der Waals surface area contributed by atoms with Crippen LogP contribution >= 0.6 is 44.3 Å². The summed E-state index contributed by atoms with van der Waals surface area (Å²) in [6.45, 7) is -1.05. The van der Waals surface area contributed by atoms with E-state index in [1.165, 1.54) is 0 Å². The summed E-state index contributed by atoms with van der Waals surface area (Å²) in [5.74, 6) is 0. The third kappa shape index (κ3) is 3.15. The zero-order valence-electron chi connectivity index (χ0n) is 7.82. The average Bonchev–Trinajstić information content (AvgIpc) is 2.01. The molecule has 0 spiro atoms. The first-order valence-electron chi connectivity index (χ1n) is 4.08. The largest absolute Gasteiger partial charge is 0.277 e. The van der Waals surface area contributed by atoms with Gasteiger partial charge in [0.15, 0.2) is 0 Å². The molecule has 0 atom stereocenters. The topological polar surface area (TPSA) is 0 Å². The fourth-order valence-corrected chi connectivity index (χ4v) is 7.57. The van der Waals surface area contributed by atoms with Crippen LogP contribution in [0.25, 0.3) is 0 Å². The molecule has 0 N–H and O–H groups in total. The summed E-state index contributed by atoms with van der Waals surface area (Å²) in [6.07, 6.45) is 0. The highest BCUT2D eigenvalue weighted by Crippen LogP contribution is 2.18. The van der Waals surface area contributed by atoms with E-state index in [-0.39, 0.29) is 0 Å². The molecule has 0 heterocycles. The van der Waals surface area contributed by atoms with Gasteiger partial charge < -0.3 is 0 Å². The van der Waals surface area contributed by atoms with E-state index in [4.69, 9.17) is 44.3 Å². The van der Waals surface area contributed by atoms with Gasteiger partial charge in [-0.25, -0.2) is 0 Å². The Balaban J connectivity index is 3.31. The molecule has 78 valence electrons. The maximum atomic E-state index is 6.18. The standard InChI is InChI=1S/C8H10Cl4Si2/c1-13(9,10)7-5-3-4-6-8(7)14(2,11)12/h3-6H,1-2H3. The van der Waals surface area contributed by atoms with Gasteiger partial charge in [-0.3, -0.25) is 0 Å². The molecule has 0 aliphatic heterocycles. The van der Waals surface area contributed by atoms with Gasteiger partial charge in [-0.1, -0.05) is 24.3 Å². The van der Waals surface area contributed by atoms with Crippen molar-refractivity contribution in [3.8, 4) is 0 Å². The second-order valence-corrected chi connectivity index (χ2v) is 18.2. The lowest BCUT2D eigenvalue weighted by molar-refractivity contribution is 1.79. The van der Waals surface area contributed by atoms with Gasteiger partial charge in [-0.15, -0.1) is 44.3 Å². The number of halogens is 4. The summed E-state index contributed by atoms with van der Waals surface area (Å²) >= 11 is 24.7. The van der Waals surface area contributed by atoms with Crippen LogP contribution in [0, 0.1) is 0 Å². The minimum Gasteiger partial charge on any atom is -0.140 e. The molecule has 0 saturated heterocycles. The van der Waals surface area contributed by atoms with Crippen molar-refractivity contribution in [2.45, 2.75) is 13.1 Å². The molecular weight excluding hydrogens is 294 g/mol. The molecule has 0 nitrogen and oxygen atoms in total. The van der Waals surface area contributed by atoms with Gasteiger partial charge in [0.2, 0.25) is 0 Å². The monoisotopic (exact) mass is 302 g/mol. The summed E-state index contributed by atoms with van der Waals surface area (Å²) in [6, 6.07) is 7.64. The minimum absolute atomic E-state index is 0.933. The number of hydrogen-bond donors (Lipinski definition) is 0. The van der Waals surface area contributed by atoms with Crippen LogP contribution in [0.15, 0.2) is 24.3 Å². The lowest BCUT2D eigenvalue weighted by Gasteiger charge is -2.20. The van der Waals surface area contributed by atoms with Crippen molar-refractivity contribution in [2.24, 2.45) is 0 Å². The van der Waals surface area contributed by atoms with E-state index in [1.807, 2.05) is 37.4 Å². The van der Waals surface area contributed by atoms with Crippen molar-refractivity contribution in [1.29, 1.82) is 0 Å². The molecule has 14 heavy (non-hydrogen) atoms. The number of benzene rings is 1. The predicted octanol–water partition coefficient (Wildman–Crippen LogP) is 3.20. The summed E-state index contributed by atoms with van der Waals surface area (Å²) in [5.41, 5.74) is 0. The fraction of sp³-hybridized carbons (Fsp3) is 0.250. The van der Waals surface area contributed by atoms with Gasteiger partial charge in [0.1, 0.15) is 0 Å². The Hall–Kier alpha value is 0.814. The number of rotatable bonds is 2. The maximum absolute atomic E-state index is 6.18. The molecule has 0 saturated carbocycles. The molecule has 0 aliphatic carbocycles. The summed E-state index contributed by atoms with van der Waals surface area (Å²) in [7, 11) is 0. The maximum Gasteiger partial charge on any atom is 0.277 e. The lowest BCUT2D eigenvalue weighted by atomic mass is 10.4. The van der Waals surface area contributed by atoms with Crippen molar-refractivity contribution < 1.29 is 0 Å². The quantitative estimate of drug-likeness (QED) is 0.581. The fourth-order valence-electron chi connectivity index (χ4n) is 1.25. The zero-order chi connectivity index (χ0) is 11.0. The van der Waals surface area contributed by atoms with Crippen LogP contribution in [-0.4, -0.2) is 13.4 Å². The Kier molecular flexibility index (Phi) is 4.01. The minimum atomic E-state index is -2.38. The predicted molar refractivity (Wildman–Crippen MR) is 72.4 cm³/mol. The average molecular weight is 304 g/mol. The van der Waals surface area contributed by atoms with Gasteiger partial charge >= 0.3 is 0 Å². The van der Waals surface area contributed by atoms with E-state index in [0.29, 0.717) is 0 Å². The van der Waals surface area contributed by atoms with Crippen LogP contribution < -0.4 is 10.4 Å². The zero-order valence-corrected chi connectivity index (χ0v) is 12.8. The Morgan fingerprint density at radius 3 is 1.29 bits per heavy atom. The van der Waals surface area contributed by atoms with Crippen molar-refractivity contribution in [1.82, 2.24) is 0 Å². The molecule has 6 heteroatoms. The van der Waals surface area contributed by atoms with Crippen LogP contribution in [0.5, 0.6) is 0 Å². The Morgan fingerprint density at radius 2 is 1.07 bits per heavy atom. The van der Waals surface area contributed by atoms with Crippen LogP contribution in [0.3, 0.4) is 0 Å². The SMILES string of the molecule is C[Si](Cl)(Cl)c1ccccc1[Si](C)(Cl)Cl. The Morgan fingerprint density at radius 1 is 0.786 bits per heavy atom. The van der Waals surface area contributed by atoms with Gasteiger partial charge in [0.25, 0.3) is 13.4 Å². The van der Waals surface area contributed by atoms with Crippen LogP contribution in [0.4, 0.5) is 0 Å². The van der Waals surface area contributed by atoms with E-state index in [1.54, 1.807) is 0 Å². The highest BCUT2D eigenvalue weighted by molar-refractivity contribution is 7.55. The van der Waals surface area contributed by atoms with E-state index in [2.05, 4.69) is 0 Å². The van der Waals surface area contributed by atoms with E-state index in [9.17, 15) is 0 Å². The van der Waals surface area contributed by atoms with Crippen molar-refractivity contribution in [2.75, 3.05) is 0 Å². The van der Waals surface area contributed by atoms with Gasteiger partial charge in [0, 0.05) is 0 Å². The highest BCUT2D eigenvalue weighted by atomic mass is 35.7. The smallest absolute Gasteiger partial charge is 0.140 e. The Bertz CT molecular complexity index is 294. The normalized spacial score (nSPS) is 13.0. The molecule has 0 bridgehead atoms. The molecule has 1 aromatic rings. The molecular formula is C8H10Cl4Si2. The molecule has 0 unspecified atom stereocenters. The van der Waals surface area contributed by atoms with Gasteiger partial charge in [0.05, 0.1) is 0 Å². The Labute approximate surface area is 105 Å². The first-order chi connectivity index (χ1) is 6.23. The molecule has 0 amide bonds. The number of hydrogen-bond acceptors (Lipinski definition) is 0. The van der Waals surface area contributed by atoms with Crippen LogP contribution in [0.1, 0.15) is 0 Å². The summed E-state index contributed by atoms with van der Waals surface area (Å²) in [4.78, 5) is 0. The molecule has 1 rings (SSSR count). The summed E-state index contributed by atoms with van der Waals surface area (Å²) < 4.78 is 0. The molecule has 0 radical (unpaired) electrons.